The Morgan fingerprint density at radius 2 is 1.06 bits per heavy atom. The van der Waals surface area contributed by atoms with E-state index in [1.165, 1.54) is 29.8 Å². The van der Waals surface area contributed by atoms with E-state index >= 15 is 0 Å². The molecule has 0 spiro atoms. The van der Waals surface area contributed by atoms with Gasteiger partial charge in [-0.3, -0.25) is 0 Å². The second-order valence-electron chi connectivity index (χ2n) is 9.35. The van der Waals surface area contributed by atoms with Crippen molar-refractivity contribution in [2.24, 2.45) is 0 Å². The van der Waals surface area contributed by atoms with Crippen LogP contribution < -0.4 is 9.47 Å². The highest BCUT2D eigenvalue weighted by Crippen LogP contribution is 2.25. The summed E-state index contributed by atoms with van der Waals surface area (Å²) in [5.41, 5.74) is 1.45. The lowest BCUT2D eigenvalue weighted by atomic mass is 9.87. The molecule has 0 bridgehead atoms. The van der Waals surface area contributed by atoms with Crippen LogP contribution >= 0.6 is 0 Å². The van der Waals surface area contributed by atoms with E-state index in [1.54, 1.807) is 24.3 Å². The molecule has 0 aromatic heterocycles. The van der Waals surface area contributed by atoms with Gasteiger partial charge >= 0.3 is 0 Å². The Balaban J connectivity index is 1.33. The third kappa shape index (κ3) is 7.26. The van der Waals surface area contributed by atoms with Gasteiger partial charge in [-0.1, -0.05) is 32.9 Å². The minimum atomic E-state index is -3.62. The standard InChI is InChI=1S/C28H34O5S/c1-28(2,3)22-8-12-24(13-9-22)32-20-6-4-5-7-21-33-25-14-18-27(19-15-25)34(30,31)26-16-10-23(29)11-17-26/h8-19,29H,4-7,20-21H2,1-3H3. The summed E-state index contributed by atoms with van der Waals surface area (Å²) >= 11 is 0. The number of hydrogen-bond acceptors (Lipinski definition) is 5. The Bertz CT molecular complexity index is 1130. The monoisotopic (exact) mass is 482 g/mol. The smallest absolute Gasteiger partial charge is 0.206 e. The first-order valence-corrected chi connectivity index (χ1v) is 13.1. The van der Waals surface area contributed by atoms with Crippen molar-refractivity contribution in [3.63, 3.8) is 0 Å². The number of sulfone groups is 1. The molecule has 0 heterocycles. The van der Waals surface area contributed by atoms with Crippen LogP contribution in [-0.2, 0) is 15.3 Å². The Kier molecular flexibility index (Phi) is 8.61. The molecular weight excluding hydrogens is 448 g/mol. The van der Waals surface area contributed by atoms with Crippen LogP contribution in [0.4, 0.5) is 0 Å². The normalized spacial score (nSPS) is 11.9. The first-order chi connectivity index (χ1) is 16.2. The fraction of sp³-hybridized carbons (Fsp3) is 0.357. The number of benzene rings is 3. The Morgan fingerprint density at radius 3 is 1.50 bits per heavy atom. The second-order valence-corrected chi connectivity index (χ2v) is 11.3. The van der Waals surface area contributed by atoms with Crippen molar-refractivity contribution in [2.75, 3.05) is 13.2 Å². The van der Waals surface area contributed by atoms with Gasteiger partial charge in [-0.25, -0.2) is 8.42 Å². The molecule has 3 aromatic carbocycles. The summed E-state index contributed by atoms with van der Waals surface area (Å²) in [6.45, 7) is 7.88. The van der Waals surface area contributed by atoms with Crippen molar-refractivity contribution in [2.45, 2.75) is 61.7 Å². The first kappa shape index (κ1) is 25.6. The van der Waals surface area contributed by atoms with Gasteiger partial charge in [0.2, 0.25) is 9.84 Å². The van der Waals surface area contributed by atoms with Gasteiger partial charge in [0.15, 0.2) is 0 Å². The maximum atomic E-state index is 12.7. The molecule has 1 N–H and O–H groups in total. The van der Waals surface area contributed by atoms with Gasteiger partial charge in [0.1, 0.15) is 17.2 Å². The van der Waals surface area contributed by atoms with Gasteiger partial charge in [-0.15, -0.1) is 0 Å². The molecule has 0 unspecified atom stereocenters. The van der Waals surface area contributed by atoms with Gasteiger partial charge < -0.3 is 14.6 Å². The van der Waals surface area contributed by atoms with Crippen molar-refractivity contribution in [1.29, 1.82) is 0 Å². The zero-order chi connectivity index (χ0) is 24.6. The molecule has 5 nitrogen and oxygen atoms in total. The molecule has 0 amide bonds. The van der Waals surface area contributed by atoms with E-state index in [0.717, 1.165) is 31.4 Å². The highest BCUT2D eigenvalue weighted by Gasteiger charge is 2.17. The third-order valence-electron chi connectivity index (χ3n) is 5.58. The zero-order valence-electron chi connectivity index (χ0n) is 20.2. The van der Waals surface area contributed by atoms with Gasteiger partial charge in [-0.05, 0) is 97.3 Å². The SMILES string of the molecule is CC(C)(C)c1ccc(OCCCCCCOc2ccc(S(=O)(=O)c3ccc(O)cc3)cc2)cc1. The van der Waals surface area contributed by atoms with Crippen LogP contribution in [0.1, 0.15) is 52.0 Å². The van der Waals surface area contributed by atoms with E-state index in [-0.39, 0.29) is 21.0 Å². The third-order valence-corrected chi connectivity index (χ3v) is 7.36. The highest BCUT2D eigenvalue weighted by molar-refractivity contribution is 7.91. The summed E-state index contributed by atoms with van der Waals surface area (Å²) in [5.74, 6) is 1.58. The lowest BCUT2D eigenvalue weighted by Gasteiger charge is -2.19. The summed E-state index contributed by atoms with van der Waals surface area (Å²) in [5, 5.41) is 9.35. The van der Waals surface area contributed by atoms with Gasteiger partial charge in [0.25, 0.3) is 0 Å². The van der Waals surface area contributed by atoms with E-state index in [2.05, 4.69) is 32.9 Å². The van der Waals surface area contributed by atoms with E-state index in [9.17, 15) is 13.5 Å². The van der Waals surface area contributed by atoms with Crippen molar-refractivity contribution < 1.29 is 23.0 Å². The molecule has 0 saturated heterocycles. The van der Waals surface area contributed by atoms with Gasteiger partial charge in [-0.2, -0.15) is 0 Å². The number of rotatable bonds is 11. The molecule has 3 aromatic rings. The molecule has 0 fully saturated rings. The quantitative estimate of drug-likeness (QED) is 0.314. The van der Waals surface area contributed by atoms with E-state index in [0.29, 0.717) is 19.0 Å². The Morgan fingerprint density at radius 1 is 0.647 bits per heavy atom. The number of ether oxygens (including phenoxy) is 2. The molecule has 0 aliphatic heterocycles. The van der Waals surface area contributed by atoms with Crippen molar-refractivity contribution >= 4 is 9.84 Å². The molecular formula is C28H34O5S. The molecule has 0 saturated carbocycles. The number of phenolic OH excluding ortho intramolecular Hbond substituents is 1. The summed E-state index contributed by atoms with van der Waals surface area (Å²) in [6, 6.07) is 20.3. The van der Waals surface area contributed by atoms with E-state index in [1.807, 2.05) is 12.1 Å². The molecule has 182 valence electrons. The van der Waals surface area contributed by atoms with Crippen LogP contribution in [0.15, 0.2) is 82.6 Å². The number of hydrogen-bond donors (Lipinski definition) is 1. The lowest BCUT2D eigenvalue weighted by Crippen LogP contribution is -2.10. The number of unbranched alkanes of at least 4 members (excludes halogenated alkanes) is 3. The Labute approximate surface area is 203 Å². The minimum Gasteiger partial charge on any atom is -0.508 e. The van der Waals surface area contributed by atoms with Crippen molar-refractivity contribution in [3.8, 4) is 17.2 Å². The van der Waals surface area contributed by atoms with Gasteiger partial charge in [0.05, 0.1) is 23.0 Å². The average molecular weight is 483 g/mol. The topological polar surface area (TPSA) is 72.8 Å². The summed E-state index contributed by atoms with van der Waals surface area (Å²) in [4.78, 5) is 0.337. The summed E-state index contributed by atoms with van der Waals surface area (Å²) in [6.07, 6.45) is 4.02. The average Bonchev–Trinajstić information content (AvgIpc) is 2.81. The van der Waals surface area contributed by atoms with Crippen LogP contribution in [0.2, 0.25) is 0 Å². The summed E-state index contributed by atoms with van der Waals surface area (Å²) in [7, 11) is -3.62. The van der Waals surface area contributed by atoms with Crippen LogP contribution in [0, 0.1) is 0 Å². The predicted octanol–water partition coefficient (Wildman–Crippen LogP) is 6.54. The molecule has 0 aliphatic carbocycles. The van der Waals surface area contributed by atoms with Crippen LogP contribution in [-0.4, -0.2) is 26.7 Å². The van der Waals surface area contributed by atoms with E-state index < -0.39 is 9.84 Å². The number of phenols is 1. The van der Waals surface area contributed by atoms with Crippen molar-refractivity contribution in [1.82, 2.24) is 0 Å². The van der Waals surface area contributed by atoms with Gasteiger partial charge in [0, 0.05) is 0 Å². The minimum absolute atomic E-state index is 0.0288. The van der Waals surface area contributed by atoms with Crippen LogP contribution in [0.5, 0.6) is 17.2 Å². The fourth-order valence-electron chi connectivity index (χ4n) is 3.47. The largest absolute Gasteiger partial charge is 0.508 e. The molecule has 6 heteroatoms. The lowest BCUT2D eigenvalue weighted by molar-refractivity contribution is 0.287. The summed E-state index contributed by atoms with van der Waals surface area (Å²) < 4.78 is 36.9. The second kappa shape index (κ2) is 11.4. The molecule has 34 heavy (non-hydrogen) atoms. The molecule has 0 aliphatic rings. The predicted molar refractivity (Wildman–Crippen MR) is 135 cm³/mol. The van der Waals surface area contributed by atoms with Crippen LogP contribution in [0.3, 0.4) is 0 Å². The Hall–Kier alpha value is -2.99. The first-order valence-electron chi connectivity index (χ1n) is 11.7. The fourth-order valence-corrected chi connectivity index (χ4v) is 4.73. The van der Waals surface area contributed by atoms with E-state index in [4.69, 9.17) is 9.47 Å². The molecule has 3 rings (SSSR count). The zero-order valence-corrected chi connectivity index (χ0v) is 21.0. The molecule has 0 atom stereocenters. The number of aromatic hydroxyl groups is 1. The maximum absolute atomic E-state index is 12.7. The maximum Gasteiger partial charge on any atom is 0.206 e. The highest BCUT2D eigenvalue weighted by atomic mass is 32.2. The van der Waals surface area contributed by atoms with Crippen molar-refractivity contribution in [3.05, 3.63) is 78.4 Å². The molecule has 0 radical (unpaired) electrons. The van der Waals surface area contributed by atoms with Crippen LogP contribution in [0.25, 0.3) is 0 Å².